The third kappa shape index (κ3) is 4.22. The van der Waals surface area contributed by atoms with Gasteiger partial charge in [-0.05, 0) is 23.1 Å². The number of esters is 1. The molecule has 2 N–H and O–H groups in total. The summed E-state index contributed by atoms with van der Waals surface area (Å²) in [5.74, 6) is -1.46. The molecule has 0 saturated carbocycles. The van der Waals surface area contributed by atoms with Crippen molar-refractivity contribution in [2.75, 3.05) is 7.11 Å². The Morgan fingerprint density at radius 2 is 2.05 bits per heavy atom. The van der Waals surface area contributed by atoms with Gasteiger partial charge in [-0.15, -0.1) is 11.6 Å². The van der Waals surface area contributed by atoms with Crippen molar-refractivity contribution < 1.29 is 24.5 Å². The number of aliphatic hydroxyl groups excluding tert-OH is 1. The molecule has 0 aliphatic carbocycles. The second kappa shape index (κ2) is 7.11. The van der Waals surface area contributed by atoms with E-state index in [1.165, 1.54) is 13.2 Å². The first-order chi connectivity index (χ1) is 8.99. The number of aryl methyl sites for hydroxylation is 1. The largest absolute Gasteiger partial charge is 0.479 e. The van der Waals surface area contributed by atoms with Crippen LogP contribution in [0.5, 0.6) is 0 Å². The molecule has 0 fully saturated rings. The lowest BCUT2D eigenvalue weighted by Crippen LogP contribution is -2.11. The van der Waals surface area contributed by atoms with Gasteiger partial charge in [0.15, 0.2) is 6.10 Å². The number of benzene rings is 1. The highest BCUT2D eigenvalue weighted by Crippen LogP contribution is 2.21. The number of aliphatic hydroxyl groups is 1. The molecule has 1 rings (SSSR count). The molecule has 0 aromatic heterocycles. The van der Waals surface area contributed by atoms with E-state index in [-0.39, 0.29) is 23.8 Å². The number of carbonyl (C=O) groups is 2. The number of halogens is 1. The lowest BCUT2D eigenvalue weighted by atomic mass is 9.99. The Kier molecular flexibility index (Phi) is 5.79. The van der Waals surface area contributed by atoms with Crippen molar-refractivity contribution in [1.29, 1.82) is 0 Å². The van der Waals surface area contributed by atoms with Crippen LogP contribution in [0.1, 0.15) is 29.2 Å². The van der Waals surface area contributed by atoms with Crippen LogP contribution in [0.25, 0.3) is 0 Å². The fourth-order valence-corrected chi connectivity index (χ4v) is 1.91. The van der Waals surface area contributed by atoms with Crippen LogP contribution in [0.4, 0.5) is 0 Å². The second-order valence-corrected chi connectivity index (χ2v) is 4.25. The van der Waals surface area contributed by atoms with E-state index in [9.17, 15) is 14.7 Å². The fourth-order valence-electron chi connectivity index (χ4n) is 1.67. The first-order valence-corrected chi connectivity index (χ1v) is 6.18. The summed E-state index contributed by atoms with van der Waals surface area (Å²) in [6.07, 6.45) is -0.893. The molecular formula is C13H15ClO5. The van der Waals surface area contributed by atoms with E-state index in [1.807, 2.05) is 0 Å². The van der Waals surface area contributed by atoms with Crippen LogP contribution in [0, 0.1) is 0 Å². The Hall–Kier alpha value is -1.59. The number of aliphatic carboxylic acids is 1. The Morgan fingerprint density at radius 1 is 1.37 bits per heavy atom. The lowest BCUT2D eigenvalue weighted by Gasteiger charge is -2.11. The summed E-state index contributed by atoms with van der Waals surface area (Å²) in [5.41, 5.74) is 1.80. The first-order valence-electron chi connectivity index (χ1n) is 5.65. The third-order valence-corrected chi connectivity index (χ3v) is 3.04. The van der Waals surface area contributed by atoms with Crippen LogP contribution in [-0.2, 0) is 26.6 Å². The van der Waals surface area contributed by atoms with Crippen molar-refractivity contribution in [3.8, 4) is 0 Å². The monoisotopic (exact) mass is 286 g/mol. The van der Waals surface area contributed by atoms with Gasteiger partial charge in [0.25, 0.3) is 0 Å². The van der Waals surface area contributed by atoms with Crippen molar-refractivity contribution in [2.45, 2.75) is 24.8 Å². The average molecular weight is 287 g/mol. The van der Waals surface area contributed by atoms with Crippen molar-refractivity contribution >= 4 is 23.5 Å². The zero-order chi connectivity index (χ0) is 14.4. The molecule has 1 unspecified atom stereocenters. The van der Waals surface area contributed by atoms with Crippen molar-refractivity contribution in [1.82, 2.24) is 0 Å². The molecule has 6 heteroatoms. The summed E-state index contributed by atoms with van der Waals surface area (Å²) < 4.78 is 4.55. The summed E-state index contributed by atoms with van der Waals surface area (Å²) in [4.78, 5) is 21.8. The SMILES string of the molecule is COC(=O)CCc1ccc(C(O)C(=O)O)cc1CCl. The van der Waals surface area contributed by atoms with Crippen LogP contribution in [-0.4, -0.2) is 29.3 Å². The number of carbonyl (C=O) groups excluding carboxylic acids is 1. The van der Waals surface area contributed by atoms with Gasteiger partial charge in [-0.25, -0.2) is 4.79 Å². The minimum Gasteiger partial charge on any atom is -0.479 e. The van der Waals surface area contributed by atoms with Crippen molar-refractivity contribution in [3.63, 3.8) is 0 Å². The zero-order valence-corrected chi connectivity index (χ0v) is 11.2. The number of hydrogen-bond acceptors (Lipinski definition) is 4. The van der Waals surface area contributed by atoms with Gasteiger partial charge in [-0.1, -0.05) is 18.2 Å². The van der Waals surface area contributed by atoms with Gasteiger partial charge in [0, 0.05) is 12.3 Å². The quantitative estimate of drug-likeness (QED) is 0.614. The molecule has 0 aliphatic rings. The van der Waals surface area contributed by atoms with Crippen LogP contribution in [0.2, 0.25) is 0 Å². The summed E-state index contributed by atoms with van der Waals surface area (Å²) in [6.45, 7) is 0. The Morgan fingerprint density at radius 3 is 2.58 bits per heavy atom. The van der Waals surface area contributed by atoms with Gasteiger partial charge in [0.2, 0.25) is 0 Å². The fraction of sp³-hybridized carbons (Fsp3) is 0.385. The number of hydrogen-bond donors (Lipinski definition) is 2. The number of carboxylic acids is 1. The van der Waals surface area contributed by atoms with E-state index in [2.05, 4.69) is 4.74 Å². The first kappa shape index (κ1) is 15.5. The lowest BCUT2D eigenvalue weighted by molar-refractivity contribution is -0.147. The molecule has 5 nitrogen and oxygen atoms in total. The van der Waals surface area contributed by atoms with Gasteiger partial charge < -0.3 is 14.9 Å². The topological polar surface area (TPSA) is 83.8 Å². The maximum atomic E-state index is 11.1. The van der Waals surface area contributed by atoms with Crippen molar-refractivity contribution in [3.05, 3.63) is 34.9 Å². The molecule has 0 heterocycles. The molecule has 19 heavy (non-hydrogen) atoms. The Balaban J connectivity index is 2.90. The minimum atomic E-state index is -1.57. The highest BCUT2D eigenvalue weighted by molar-refractivity contribution is 6.17. The maximum absolute atomic E-state index is 11.1. The van der Waals surface area contributed by atoms with Crippen LogP contribution >= 0.6 is 11.6 Å². The third-order valence-electron chi connectivity index (χ3n) is 2.75. The van der Waals surface area contributed by atoms with E-state index in [0.717, 1.165) is 5.56 Å². The Bertz CT molecular complexity index is 472. The molecule has 0 spiro atoms. The molecule has 0 saturated heterocycles. The van der Waals surface area contributed by atoms with Gasteiger partial charge in [-0.2, -0.15) is 0 Å². The predicted octanol–water partition coefficient (Wildman–Crippen LogP) is 1.65. The molecule has 1 aromatic carbocycles. The van der Waals surface area contributed by atoms with Crippen molar-refractivity contribution in [2.24, 2.45) is 0 Å². The van der Waals surface area contributed by atoms with E-state index in [4.69, 9.17) is 16.7 Å². The zero-order valence-electron chi connectivity index (χ0n) is 10.4. The van der Waals surface area contributed by atoms with Crippen LogP contribution < -0.4 is 0 Å². The predicted molar refractivity (Wildman–Crippen MR) is 68.9 cm³/mol. The summed E-state index contributed by atoms with van der Waals surface area (Å²) >= 11 is 5.79. The summed E-state index contributed by atoms with van der Waals surface area (Å²) in [5, 5.41) is 18.2. The summed E-state index contributed by atoms with van der Waals surface area (Å²) in [7, 11) is 1.32. The molecule has 1 aromatic rings. The highest BCUT2D eigenvalue weighted by Gasteiger charge is 2.17. The smallest absolute Gasteiger partial charge is 0.337 e. The van der Waals surface area contributed by atoms with Gasteiger partial charge >= 0.3 is 11.9 Å². The van der Waals surface area contributed by atoms with E-state index in [0.29, 0.717) is 12.0 Å². The van der Waals surface area contributed by atoms with E-state index < -0.39 is 12.1 Å². The molecule has 0 bridgehead atoms. The van der Waals surface area contributed by atoms with E-state index in [1.54, 1.807) is 12.1 Å². The second-order valence-electron chi connectivity index (χ2n) is 3.98. The van der Waals surface area contributed by atoms with E-state index >= 15 is 0 Å². The number of alkyl halides is 1. The van der Waals surface area contributed by atoms with Crippen LogP contribution in [0.3, 0.4) is 0 Å². The minimum absolute atomic E-state index is 0.177. The molecular weight excluding hydrogens is 272 g/mol. The Labute approximate surface area is 115 Å². The number of carboxylic acid groups (broad SMARTS) is 1. The maximum Gasteiger partial charge on any atom is 0.337 e. The summed E-state index contributed by atoms with van der Waals surface area (Å²) in [6, 6.07) is 4.72. The molecule has 0 radical (unpaired) electrons. The average Bonchev–Trinajstić information content (AvgIpc) is 2.43. The van der Waals surface area contributed by atoms with Crippen LogP contribution in [0.15, 0.2) is 18.2 Å². The number of ether oxygens (including phenoxy) is 1. The van der Waals surface area contributed by atoms with Gasteiger partial charge in [-0.3, -0.25) is 4.79 Å². The standard InChI is InChI=1S/C13H15ClO5/c1-19-11(15)5-4-8-2-3-9(6-10(8)7-14)12(16)13(17)18/h2-3,6,12,16H,4-5,7H2,1H3,(H,17,18). The normalized spacial score (nSPS) is 11.9. The molecule has 1 atom stereocenters. The van der Waals surface area contributed by atoms with Gasteiger partial charge in [0.05, 0.1) is 7.11 Å². The highest BCUT2D eigenvalue weighted by atomic mass is 35.5. The number of rotatable bonds is 6. The molecule has 0 amide bonds. The number of methoxy groups -OCH3 is 1. The van der Waals surface area contributed by atoms with Gasteiger partial charge in [0.1, 0.15) is 0 Å². The molecule has 0 aliphatic heterocycles. The molecule has 104 valence electrons.